The van der Waals surface area contributed by atoms with E-state index in [0.717, 1.165) is 60.6 Å². The molecule has 0 radical (unpaired) electrons. The maximum Gasteiger partial charge on any atom is 0.263 e. The van der Waals surface area contributed by atoms with Crippen molar-refractivity contribution in [3.05, 3.63) is 53.7 Å². The first-order chi connectivity index (χ1) is 12.7. The van der Waals surface area contributed by atoms with Gasteiger partial charge in [0.05, 0.1) is 6.20 Å². The molecule has 0 bridgehead atoms. The largest absolute Gasteiger partial charge is 0.324 e. The molecule has 1 aliphatic heterocycles. The number of aryl methyl sites for hydroxylation is 1. The second-order valence-electron chi connectivity index (χ2n) is 7.20. The molecule has 2 aromatic heterocycles. The third-order valence-electron chi connectivity index (χ3n) is 5.66. The summed E-state index contributed by atoms with van der Waals surface area (Å²) < 4.78 is 28.6. The number of aromatic nitrogens is 3. The molecule has 0 N–H and O–H groups in total. The Morgan fingerprint density at radius 3 is 2.81 bits per heavy atom. The Bertz CT molecular complexity index is 962. The van der Waals surface area contributed by atoms with Gasteiger partial charge in [0.25, 0.3) is 6.43 Å². The Morgan fingerprint density at radius 1 is 1.15 bits per heavy atom. The minimum absolute atomic E-state index is 0.0662. The standard InChI is InChI=1S/C20H20F2N4/c21-18(22)15-7-6-13-5-2-9-25(16(13)11-15)20-17-12-23-8-10-26(17)19(24-20)14-3-1-4-14/h6-8,10-12,14,18H,1-5,9H2. The first-order valence-electron chi connectivity index (χ1n) is 9.23. The van der Waals surface area contributed by atoms with E-state index in [-0.39, 0.29) is 5.56 Å². The maximum absolute atomic E-state index is 13.2. The summed E-state index contributed by atoms with van der Waals surface area (Å²) in [7, 11) is 0. The number of halogens is 2. The lowest BCUT2D eigenvalue weighted by Gasteiger charge is -2.30. The van der Waals surface area contributed by atoms with E-state index in [1.165, 1.54) is 6.42 Å². The number of alkyl halides is 2. The van der Waals surface area contributed by atoms with Crippen LogP contribution in [0.5, 0.6) is 0 Å². The number of hydrogen-bond donors (Lipinski definition) is 0. The van der Waals surface area contributed by atoms with Crippen molar-refractivity contribution in [2.45, 2.75) is 44.4 Å². The van der Waals surface area contributed by atoms with Crippen molar-refractivity contribution in [1.82, 2.24) is 14.4 Å². The molecule has 0 amide bonds. The third-order valence-corrected chi connectivity index (χ3v) is 5.66. The van der Waals surface area contributed by atoms with Crippen molar-refractivity contribution in [2.24, 2.45) is 0 Å². The van der Waals surface area contributed by atoms with Gasteiger partial charge < -0.3 is 4.90 Å². The smallest absolute Gasteiger partial charge is 0.263 e. The van der Waals surface area contributed by atoms with Crippen molar-refractivity contribution in [1.29, 1.82) is 0 Å². The minimum Gasteiger partial charge on any atom is -0.324 e. The van der Waals surface area contributed by atoms with E-state index in [0.29, 0.717) is 5.92 Å². The van der Waals surface area contributed by atoms with Crippen LogP contribution in [0, 0.1) is 0 Å². The predicted molar refractivity (Wildman–Crippen MR) is 96.3 cm³/mol. The van der Waals surface area contributed by atoms with Crippen molar-refractivity contribution in [2.75, 3.05) is 11.4 Å². The van der Waals surface area contributed by atoms with E-state index in [9.17, 15) is 8.78 Å². The Balaban J connectivity index is 1.66. The zero-order valence-corrected chi connectivity index (χ0v) is 14.4. The normalized spacial score (nSPS) is 17.6. The van der Waals surface area contributed by atoms with Crippen LogP contribution in [0.2, 0.25) is 0 Å². The van der Waals surface area contributed by atoms with Crippen LogP contribution in [-0.2, 0) is 6.42 Å². The molecule has 1 aromatic carbocycles. The molecule has 26 heavy (non-hydrogen) atoms. The molecule has 1 aliphatic carbocycles. The molecule has 6 heteroatoms. The molecular weight excluding hydrogens is 334 g/mol. The average molecular weight is 354 g/mol. The lowest BCUT2D eigenvalue weighted by Crippen LogP contribution is -2.25. The Hall–Kier alpha value is -2.50. The summed E-state index contributed by atoms with van der Waals surface area (Å²) in [5.41, 5.74) is 2.98. The van der Waals surface area contributed by atoms with Crippen LogP contribution < -0.4 is 4.90 Å². The minimum atomic E-state index is -2.46. The summed E-state index contributed by atoms with van der Waals surface area (Å²) >= 11 is 0. The lowest BCUT2D eigenvalue weighted by atomic mass is 9.85. The second-order valence-corrected chi connectivity index (χ2v) is 7.20. The SMILES string of the molecule is FC(F)c1ccc2c(c1)N(c1nc(C3CCC3)n3ccncc13)CCC2. The van der Waals surface area contributed by atoms with E-state index in [2.05, 4.69) is 14.3 Å². The van der Waals surface area contributed by atoms with Crippen LogP contribution in [0.15, 0.2) is 36.8 Å². The summed E-state index contributed by atoms with van der Waals surface area (Å²) in [4.78, 5) is 11.4. The summed E-state index contributed by atoms with van der Waals surface area (Å²) in [5, 5.41) is 0. The van der Waals surface area contributed by atoms with Crippen LogP contribution in [-0.4, -0.2) is 20.9 Å². The third kappa shape index (κ3) is 2.39. The molecule has 0 saturated heterocycles. The highest BCUT2D eigenvalue weighted by Crippen LogP contribution is 2.41. The van der Waals surface area contributed by atoms with Gasteiger partial charge >= 0.3 is 0 Å². The molecular formula is C20H20F2N4. The van der Waals surface area contributed by atoms with Gasteiger partial charge in [-0.25, -0.2) is 13.8 Å². The zero-order valence-electron chi connectivity index (χ0n) is 14.4. The molecule has 5 rings (SSSR count). The van der Waals surface area contributed by atoms with E-state index in [1.54, 1.807) is 18.3 Å². The molecule has 0 spiro atoms. The van der Waals surface area contributed by atoms with Gasteiger partial charge in [-0.1, -0.05) is 18.6 Å². The van der Waals surface area contributed by atoms with Gasteiger partial charge in [0.15, 0.2) is 5.82 Å². The molecule has 1 fully saturated rings. The number of rotatable bonds is 3. The first kappa shape index (κ1) is 15.7. The maximum atomic E-state index is 13.2. The Kier molecular flexibility index (Phi) is 3.65. The predicted octanol–water partition coefficient (Wildman–Crippen LogP) is 5.02. The van der Waals surface area contributed by atoms with Gasteiger partial charge in [0.2, 0.25) is 0 Å². The van der Waals surface area contributed by atoms with Crippen LogP contribution in [0.25, 0.3) is 5.52 Å². The highest BCUT2D eigenvalue weighted by Gasteiger charge is 2.29. The summed E-state index contributed by atoms with van der Waals surface area (Å²) in [6, 6.07) is 5.01. The summed E-state index contributed by atoms with van der Waals surface area (Å²) in [6.07, 6.45) is 8.56. The molecule has 2 aliphatic rings. The fourth-order valence-corrected chi connectivity index (χ4v) is 4.05. The van der Waals surface area contributed by atoms with Gasteiger partial charge in [-0.05, 0) is 37.3 Å². The number of nitrogens with zero attached hydrogens (tertiary/aromatic N) is 4. The van der Waals surface area contributed by atoms with Gasteiger partial charge in [-0.15, -0.1) is 0 Å². The topological polar surface area (TPSA) is 33.4 Å². The summed E-state index contributed by atoms with van der Waals surface area (Å²) in [5.74, 6) is 2.39. The summed E-state index contributed by atoms with van der Waals surface area (Å²) in [6.45, 7) is 0.783. The van der Waals surface area contributed by atoms with Crippen LogP contribution in [0.1, 0.15) is 55.0 Å². The quantitative estimate of drug-likeness (QED) is 0.662. The monoisotopic (exact) mass is 354 g/mol. The van der Waals surface area contributed by atoms with Crippen molar-refractivity contribution < 1.29 is 8.78 Å². The van der Waals surface area contributed by atoms with Crippen LogP contribution in [0.4, 0.5) is 20.3 Å². The lowest BCUT2D eigenvalue weighted by molar-refractivity contribution is 0.151. The fraction of sp³-hybridized carbons (Fsp3) is 0.400. The van der Waals surface area contributed by atoms with Crippen molar-refractivity contribution >= 4 is 17.0 Å². The molecule has 0 atom stereocenters. The number of benzene rings is 1. The second kappa shape index (κ2) is 6.04. The number of hydrogen-bond acceptors (Lipinski definition) is 3. The van der Waals surface area contributed by atoms with Gasteiger partial charge in [0.1, 0.15) is 11.3 Å². The van der Waals surface area contributed by atoms with E-state index >= 15 is 0 Å². The molecule has 134 valence electrons. The van der Waals surface area contributed by atoms with Gasteiger partial charge in [-0.2, -0.15) is 0 Å². The van der Waals surface area contributed by atoms with E-state index < -0.39 is 6.43 Å². The van der Waals surface area contributed by atoms with E-state index in [1.807, 2.05) is 18.5 Å². The molecule has 3 heterocycles. The van der Waals surface area contributed by atoms with Crippen molar-refractivity contribution in [3.63, 3.8) is 0 Å². The highest BCUT2D eigenvalue weighted by molar-refractivity contribution is 5.78. The number of fused-ring (bicyclic) bond motifs is 2. The fourth-order valence-electron chi connectivity index (χ4n) is 4.05. The molecule has 4 nitrogen and oxygen atoms in total. The van der Waals surface area contributed by atoms with Crippen molar-refractivity contribution in [3.8, 4) is 0 Å². The zero-order chi connectivity index (χ0) is 17.7. The number of imidazole rings is 1. The number of anilines is 2. The molecule has 0 unspecified atom stereocenters. The molecule has 3 aromatic rings. The van der Waals surface area contributed by atoms with E-state index in [4.69, 9.17) is 4.98 Å². The average Bonchev–Trinajstić information content (AvgIpc) is 2.98. The Labute approximate surface area is 150 Å². The Morgan fingerprint density at radius 2 is 2.04 bits per heavy atom. The molecule has 1 saturated carbocycles. The first-order valence-corrected chi connectivity index (χ1v) is 9.23. The van der Waals surface area contributed by atoms with Gasteiger partial charge in [-0.3, -0.25) is 9.38 Å². The van der Waals surface area contributed by atoms with Crippen LogP contribution >= 0.6 is 0 Å². The highest BCUT2D eigenvalue weighted by atomic mass is 19.3. The van der Waals surface area contributed by atoms with Crippen LogP contribution in [0.3, 0.4) is 0 Å². The van der Waals surface area contributed by atoms with Gasteiger partial charge in [0, 0.05) is 36.1 Å².